The summed E-state index contributed by atoms with van der Waals surface area (Å²) in [4.78, 5) is 0. The van der Waals surface area contributed by atoms with Crippen molar-refractivity contribution in [1.82, 2.24) is 5.32 Å². The van der Waals surface area contributed by atoms with Gasteiger partial charge in [-0.3, -0.25) is 0 Å². The van der Waals surface area contributed by atoms with E-state index in [0.717, 1.165) is 24.4 Å². The average Bonchev–Trinajstić information content (AvgIpc) is 2.62. The standard InChI is InChI=1S/C19H24N2O2S/c1-15(16-7-4-3-5-8-16)23-14-6-13-20-19(24)21-17-9-11-18(22-2)12-10-17/h3-5,7-12,15H,6,13-14H2,1-2H3,(H2,20,21,24)/t15-/m0/s1. The molecule has 0 aromatic heterocycles. The van der Waals surface area contributed by atoms with E-state index in [0.29, 0.717) is 11.7 Å². The summed E-state index contributed by atoms with van der Waals surface area (Å²) in [7, 11) is 1.65. The first kappa shape index (κ1) is 18.2. The molecule has 128 valence electrons. The van der Waals surface area contributed by atoms with Crippen molar-refractivity contribution >= 4 is 23.0 Å². The normalized spacial score (nSPS) is 11.6. The lowest BCUT2D eigenvalue weighted by Crippen LogP contribution is -2.29. The Labute approximate surface area is 149 Å². The molecule has 0 aliphatic rings. The third-order valence-corrected chi connectivity index (χ3v) is 3.84. The van der Waals surface area contributed by atoms with Gasteiger partial charge in [0.1, 0.15) is 5.75 Å². The van der Waals surface area contributed by atoms with Gasteiger partial charge < -0.3 is 20.1 Å². The van der Waals surface area contributed by atoms with Gasteiger partial charge in [-0.25, -0.2) is 0 Å². The Morgan fingerprint density at radius 3 is 2.46 bits per heavy atom. The fraction of sp³-hybridized carbons (Fsp3) is 0.316. The minimum Gasteiger partial charge on any atom is -0.497 e. The summed E-state index contributed by atoms with van der Waals surface area (Å²) in [5.41, 5.74) is 2.13. The van der Waals surface area contributed by atoms with Crippen molar-refractivity contribution < 1.29 is 9.47 Å². The highest BCUT2D eigenvalue weighted by Crippen LogP contribution is 2.16. The van der Waals surface area contributed by atoms with Crippen LogP contribution in [-0.4, -0.2) is 25.4 Å². The van der Waals surface area contributed by atoms with Gasteiger partial charge in [-0.05, 0) is 55.4 Å². The first-order valence-corrected chi connectivity index (χ1v) is 8.45. The van der Waals surface area contributed by atoms with Crippen LogP contribution in [0.4, 0.5) is 5.69 Å². The average molecular weight is 344 g/mol. The van der Waals surface area contributed by atoms with Gasteiger partial charge in [-0.2, -0.15) is 0 Å². The first-order valence-electron chi connectivity index (χ1n) is 8.04. The van der Waals surface area contributed by atoms with Crippen LogP contribution in [0.3, 0.4) is 0 Å². The van der Waals surface area contributed by atoms with Gasteiger partial charge in [0.25, 0.3) is 0 Å². The smallest absolute Gasteiger partial charge is 0.170 e. The van der Waals surface area contributed by atoms with Crippen LogP contribution in [-0.2, 0) is 4.74 Å². The van der Waals surface area contributed by atoms with Gasteiger partial charge in [0, 0.05) is 18.8 Å². The molecule has 2 aromatic rings. The Bertz CT molecular complexity index is 617. The van der Waals surface area contributed by atoms with Gasteiger partial charge in [0.2, 0.25) is 0 Å². The molecular formula is C19H24N2O2S. The van der Waals surface area contributed by atoms with E-state index in [4.69, 9.17) is 21.7 Å². The zero-order valence-corrected chi connectivity index (χ0v) is 14.9. The van der Waals surface area contributed by atoms with Crippen molar-refractivity contribution in [3.05, 3.63) is 60.2 Å². The lowest BCUT2D eigenvalue weighted by molar-refractivity contribution is 0.0646. The lowest BCUT2D eigenvalue weighted by atomic mass is 10.1. The zero-order valence-electron chi connectivity index (χ0n) is 14.1. The zero-order chi connectivity index (χ0) is 17.2. The molecule has 4 nitrogen and oxygen atoms in total. The van der Waals surface area contributed by atoms with E-state index in [2.05, 4.69) is 29.7 Å². The summed E-state index contributed by atoms with van der Waals surface area (Å²) in [5, 5.41) is 6.93. The third kappa shape index (κ3) is 6.18. The Kier molecular flexibility index (Phi) is 7.52. The van der Waals surface area contributed by atoms with E-state index in [1.807, 2.05) is 42.5 Å². The van der Waals surface area contributed by atoms with Crippen molar-refractivity contribution in [3.63, 3.8) is 0 Å². The maximum atomic E-state index is 5.84. The van der Waals surface area contributed by atoms with Gasteiger partial charge in [0.15, 0.2) is 5.11 Å². The third-order valence-electron chi connectivity index (χ3n) is 3.59. The molecule has 0 fully saturated rings. The second kappa shape index (κ2) is 9.90. The fourth-order valence-electron chi connectivity index (χ4n) is 2.20. The number of thiocarbonyl (C=S) groups is 1. The number of ether oxygens (including phenoxy) is 2. The highest BCUT2D eigenvalue weighted by Gasteiger charge is 2.04. The second-order valence-corrected chi connectivity index (χ2v) is 5.79. The van der Waals surface area contributed by atoms with Crippen molar-refractivity contribution in [3.8, 4) is 5.75 Å². The molecule has 2 N–H and O–H groups in total. The van der Waals surface area contributed by atoms with Crippen LogP contribution < -0.4 is 15.4 Å². The number of nitrogens with one attached hydrogen (secondary N) is 2. The summed E-state index contributed by atoms with van der Waals surface area (Å²) in [5.74, 6) is 0.823. The Morgan fingerprint density at radius 1 is 1.08 bits per heavy atom. The number of benzene rings is 2. The highest BCUT2D eigenvalue weighted by atomic mass is 32.1. The molecular weight excluding hydrogens is 320 g/mol. The molecule has 0 heterocycles. The molecule has 24 heavy (non-hydrogen) atoms. The summed E-state index contributed by atoms with van der Waals surface area (Å²) in [6, 6.07) is 17.9. The van der Waals surface area contributed by atoms with Crippen molar-refractivity contribution in [2.24, 2.45) is 0 Å². The fourth-order valence-corrected chi connectivity index (χ4v) is 2.42. The van der Waals surface area contributed by atoms with E-state index >= 15 is 0 Å². The predicted octanol–water partition coefficient (Wildman–Crippen LogP) is 4.15. The molecule has 2 aromatic carbocycles. The van der Waals surface area contributed by atoms with Crippen LogP contribution >= 0.6 is 12.2 Å². The molecule has 0 amide bonds. The SMILES string of the molecule is COc1ccc(NC(=S)NCCCO[C@@H](C)c2ccccc2)cc1. The van der Waals surface area contributed by atoms with E-state index in [-0.39, 0.29) is 6.10 Å². The lowest BCUT2D eigenvalue weighted by Gasteiger charge is -2.14. The van der Waals surface area contributed by atoms with E-state index in [1.54, 1.807) is 7.11 Å². The molecule has 0 unspecified atom stereocenters. The first-order chi connectivity index (χ1) is 11.7. The topological polar surface area (TPSA) is 42.5 Å². The molecule has 5 heteroatoms. The summed E-state index contributed by atoms with van der Waals surface area (Å²) < 4.78 is 11.0. The minimum absolute atomic E-state index is 0.107. The van der Waals surface area contributed by atoms with Crippen LogP contribution in [0.25, 0.3) is 0 Å². The highest BCUT2D eigenvalue weighted by molar-refractivity contribution is 7.80. The predicted molar refractivity (Wildman–Crippen MR) is 103 cm³/mol. The summed E-state index contributed by atoms with van der Waals surface area (Å²) >= 11 is 5.28. The molecule has 0 aliphatic carbocycles. The molecule has 0 saturated heterocycles. The van der Waals surface area contributed by atoms with Gasteiger partial charge in [-0.15, -0.1) is 0 Å². The van der Waals surface area contributed by atoms with Crippen LogP contribution in [0.15, 0.2) is 54.6 Å². The van der Waals surface area contributed by atoms with Crippen molar-refractivity contribution in [2.75, 3.05) is 25.6 Å². The molecule has 1 atom stereocenters. The number of anilines is 1. The molecule has 0 spiro atoms. The molecule has 0 aliphatic heterocycles. The monoisotopic (exact) mass is 344 g/mol. The maximum Gasteiger partial charge on any atom is 0.170 e. The summed E-state index contributed by atoms with van der Waals surface area (Å²) in [6.45, 7) is 3.52. The largest absolute Gasteiger partial charge is 0.497 e. The number of hydrogen-bond acceptors (Lipinski definition) is 3. The Hall–Kier alpha value is -2.11. The molecule has 0 saturated carbocycles. The van der Waals surface area contributed by atoms with Gasteiger partial charge in [0.05, 0.1) is 13.2 Å². The minimum atomic E-state index is 0.107. The maximum absolute atomic E-state index is 5.84. The molecule has 0 radical (unpaired) electrons. The Balaban J connectivity index is 1.60. The van der Waals surface area contributed by atoms with Crippen molar-refractivity contribution in [2.45, 2.75) is 19.4 Å². The molecule has 0 bridgehead atoms. The van der Waals surface area contributed by atoms with Crippen LogP contribution in [0.1, 0.15) is 25.0 Å². The second-order valence-electron chi connectivity index (χ2n) is 5.39. The van der Waals surface area contributed by atoms with Gasteiger partial charge >= 0.3 is 0 Å². The number of methoxy groups -OCH3 is 1. The summed E-state index contributed by atoms with van der Waals surface area (Å²) in [6.07, 6.45) is 0.997. The van der Waals surface area contributed by atoms with Crippen LogP contribution in [0.5, 0.6) is 5.75 Å². The van der Waals surface area contributed by atoms with Gasteiger partial charge in [-0.1, -0.05) is 30.3 Å². The molecule has 2 rings (SSSR count). The van der Waals surface area contributed by atoms with E-state index < -0.39 is 0 Å². The van der Waals surface area contributed by atoms with E-state index in [9.17, 15) is 0 Å². The van der Waals surface area contributed by atoms with Crippen molar-refractivity contribution in [1.29, 1.82) is 0 Å². The quantitative estimate of drug-likeness (QED) is 0.556. The Morgan fingerprint density at radius 2 is 1.79 bits per heavy atom. The number of rotatable bonds is 8. The van der Waals surface area contributed by atoms with Crippen LogP contribution in [0.2, 0.25) is 0 Å². The van der Waals surface area contributed by atoms with E-state index in [1.165, 1.54) is 5.56 Å². The van der Waals surface area contributed by atoms with Crippen LogP contribution in [0, 0.1) is 0 Å². The number of hydrogen-bond donors (Lipinski definition) is 2.